The summed E-state index contributed by atoms with van der Waals surface area (Å²) in [5.41, 5.74) is 0. The minimum Gasteiger partial charge on any atom is -0.424 e. The molecule has 0 spiro atoms. The van der Waals surface area contributed by atoms with Crippen LogP contribution >= 0.6 is 15.9 Å². The highest BCUT2D eigenvalue weighted by atomic mass is 79.9. The lowest BCUT2D eigenvalue weighted by atomic mass is 10.0. The summed E-state index contributed by atoms with van der Waals surface area (Å²) in [6, 6.07) is 0. The number of rotatable bonds is 5. The molecule has 0 bridgehead atoms. The van der Waals surface area contributed by atoms with Gasteiger partial charge in [-0.1, -0.05) is 36.7 Å². The third kappa shape index (κ3) is 2.56. The van der Waals surface area contributed by atoms with Crippen LogP contribution in [0.25, 0.3) is 0 Å². The quantitative estimate of drug-likeness (QED) is 0.756. The molecule has 0 aliphatic heterocycles. The molecule has 1 atom stereocenters. The highest BCUT2D eigenvalue weighted by Crippen LogP contribution is 2.28. The van der Waals surface area contributed by atoms with Crippen molar-refractivity contribution < 1.29 is 4.42 Å². The molecule has 0 radical (unpaired) electrons. The number of nitrogens with zero attached hydrogens (tertiary/aromatic N) is 2. The van der Waals surface area contributed by atoms with Crippen molar-refractivity contribution in [3.8, 4) is 0 Å². The maximum atomic E-state index is 5.61. The predicted octanol–water partition coefficient (Wildman–Crippen LogP) is 3.82. The molecule has 1 rings (SSSR count). The van der Waals surface area contributed by atoms with E-state index in [1.807, 2.05) is 0 Å². The summed E-state index contributed by atoms with van der Waals surface area (Å²) >= 11 is 3.49. The zero-order valence-electron chi connectivity index (χ0n) is 8.96. The van der Waals surface area contributed by atoms with Crippen molar-refractivity contribution in [2.45, 2.75) is 50.8 Å². The van der Waals surface area contributed by atoms with Gasteiger partial charge in [-0.3, -0.25) is 0 Å². The summed E-state index contributed by atoms with van der Waals surface area (Å²) in [7, 11) is 0. The molecule has 4 heteroatoms. The second-order valence-electron chi connectivity index (χ2n) is 3.37. The molecule has 0 aromatic carbocycles. The van der Waals surface area contributed by atoms with Crippen LogP contribution in [0.4, 0.5) is 0 Å². The lowest BCUT2D eigenvalue weighted by Gasteiger charge is -2.05. The standard InChI is InChI=1S/C10H17BrN2O/c1-4-7(5-2)9-12-13-10(14-9)8(11)6-3/h7-8H,4-6H2,1-3H3. The van der Waals surface area contributed by atoms with Gasteiger partial charge in [0, 0.05) is 5.92 Å². The maximum Gasteiger partial charge on any atom is 0.230 e. The summed E-state index contributed by atoms with van der Waals surface area (Å²) in [6.45, 7) is 6.37. The van der Waals surface area contributed by atoms with Crippen LogP contribution in [0.5, 0.6) is 0 Å². The Bertz CT molecular complexity index is 271. The smallest absolute Gasteiger partial charge is 0.230 e. The highest BCUT2D eigenvalue weighted by Gasteiger charge is 2.18. The van der Waals surface area contributed by atoms with E-state index in [1.165, 1.54) is 0 Å². The predicted molar refractivity (Wildman–Crippen MR) is 59.6 cm³/mol. The van der Waals surface area contributed by atoms with E-state index in [4.69, 9.17) is 4.42 Å². The molecule has 0 aliphatic carbocycles. The Morgan fingerprint density at radius 3 is 2.14 bits per heavy atom. The van der Waals surface area contributed by atoms with Crippen LogP contribution in [-0.4, -0.2) is 10.2 Å². The summed E-state index contributed by atoms with van der Waals surface area (Å²) in [6.07, 6.45) is 3.07. The van der Waals surface area contributed by atoms with Crippen LogP contribution in [0.1, 0.15) is 62.6 Å². The van der Waals surface area contributed by atoms with Crippen molar-refractivity contribution in [3.63, 3.8) is 0 Å². The second-order valence-corrected chi connectivity index (χ2v) is 4.47. The van der Waals surface area contributed by atoms with Crippen LogP contribution in [0.15, 0.2) is 4.42 Å². The fraction of sp³-hybridized carbons (Fsp3) is 0.800. The van der Waals surface area contributed by atoms with Gasteiger partial charge in [-0.05, 0) is 19.3 Å². The van der Waals surface area contributed by atoms with Gasteiger partial charge in [-0.15, -0.1) is 10.2 Å². The molecule has 0 N–H and O–H groups in total. The number of hydrogen-bond donors (Lipinski definition) is 0. The molecule has 1 unspecified atom stereocenters. The van der Waals surface area contributed by atoms with Crippen LogP contribution in [0, 0.1) is 0 Å². The van der Waals surface area contributed by atoms with E-state index < -0.39 is 0 Å². The van der Waals surface area contributed by atoms with Gasteiger partial charge in [0.25, 0.3) is 0 Å². The monoisotopic (exact) mass is 260 g/mol. The normalized spacial score (nSPS) is 13.5. The molecule has 1 heterocycles. The molecule has 80 valence electrons. The first kappa shape index (κ1) is 11.7. The zero-order valence-corrected chi connectivity index (χ0v) is 10.5. The maximum absolute atomic E-state index is 5.61. The Balaban J connectivity index is 2.76. The topological polar surface area (TPSA) is 38.9 Å². The van der Waals surface area contributed by atoms with Crippen molar-refractivity contribution in [2.75, 3.05) is 0 Å². The SMILES string of the molecule is CCC(Br)c1nnc(C(CC)CC)o1. The van der Waals surface area contributed by atoms with Crippen LogP contribution in [0.2, 0.25) is 0 Å². The molecular formula is C10H17BrN2O. The highest BCUT2D eigenvalue weighted by molar-refractivity contribution is 9.09. The molecule has 0 aliphatic rings. The summed E-state index contributed by atoms with van der Waals surface area (Å²) < 4.78 is 5.61. The molecule has 0 amide bonds. The van der Waals surface area contributed by atoms with Crippen molar-refractivity contribution in [3.05, 3.63) is 11.8 Å². The first-order chi connectivity index (χ1) is 6.72. The van der Waals surface area contributed by atoms with Gasteiger partial charge in [0.2, 0.25) is 11.8 Å². The molecular weight excluding hydrogens is 244 g/mol. The molecule has 14 heavy (non-hydrogen) atoms. The fourth-order valence-corrected chi connectivity index (χ4v) is 1.54. The lowest BCUT2D eigenvalue weighted by Crippen LogP contribution is -1.95. The third-order valence-electron chi connectivity index (χ3n) is 2.42. The number of alkyl halides is 1. The molecule has 0 saturated carbocycles. The Morgan fingerprint density at radius 1 is 1.07 bits per heavy atom. The van der Waals surface area contributed by atoms with Crippen LogP contribution < -0.4 is 0 Å². The van der Waals surface area contributed by atoms with Crippen LogP contribution in [0.3, 0.4) is 0 Å². The van der Waals surface area contributed by atoms with Gasteiger partial charge in [0.15, 0.2) is 0 Å². The van der Waals surface area contributed by atoms with Gasteiger partial charge in [0.1, 0.15) is 0 Å². The van der Waals surface area contributed by atoms with E-state index in [1.54, 1.807) is 0 Å². The summed E-state index contributed by atoms with van der Waals surface area (Å²) in [4.78, 5) is 0.193. The summed E-state index contributed by atoms with van der Waals surface area (Å²) in [5, 5.41) is 8.12. The number of halogens is 1. The minimum absolute atomic E-state index is 0.193. The van der Waals surface area contributed by atoms with Gasteiger partial charge in [-0.2, -0.15) is 0 Å². The largest absolute Gasteiger partial charge is 0.424 e. The average molecular weight is 261 g/mol. The van der Waals surface area contributed by atoms with Crippen molar-refractivity contribution in [2.24, 2.45) is 0 Å². The molecule has 3 nitrogen and oxygen atoms in total. The van der Waals surface area contributed by atoms with Gasteiger partial charge >= 0.3 is 0 Å². The Morgan fingerprint density at radius 2 is 1.64 bits per heavy atom. The van der Waals surface area contributed by atoms with E-state index in [2.05, 4.69) is 46.9 Å². The second kappa shape index (κ2) is 5.49. The Labute approximate surface area is 93.4 Å². The van der Waals surface area contributed by atoms with Crippen LogP contribution in [-0.2, 0) is 0 Å². The first-order valence-electron chi connectivity index (χ1n) is 5.20. The Hall–Kier alpha value is -0.380. The van der Waals surface area contributed by atoms with Gasteiger partial charge in [-0.25, -0.2) is 0 Å². The third-order valence-corrected chi connectivity index (χ3v) is 3.46. The van der Waals surface area contributed by atoms with Gasteiger partial charge < -0.3 is 4.42 Å². The molecule has 0 saturated heterocycles. The zero-order chi connectivity index (χ0) is 10.6. The molecule has 0 fully saturated rings. The number of hydrogen-bond acceptors (Lipinski definition) is 3. The minimum atomic E-state index is 0.193. The average Bonchev–Trinajstić information content (AvgIpc) is 2.68. The molecule has 1 aromatic heterocycles. The van der Waals surface area contributed by atoms with E-state index in [-0.39, 0.29) is 4.83 Å². The fourth-order valence-electron chi connectivity index (χ4n) is 1.35. The first-order valence-corrected chi connectivity index (χ1v) is 6.11. The van der Waals surface area contributed by atoms with E-state index >= 15 is 0 Å². The van der Waals surface area contributed by atoms with Crippen molar-refractivity contribution in [1.29, 1.82) is 0 Å². The molecule has 1 aromatic rings. The van der Waals surface area contributed by atoms with Gasteiger partial charge in [0.05, 0.1) is 4.83 Å². The van der Waals surface area contributed by atoms with E-state index in [9.17, 15) is 0 Å². The van der Waals surface area contributed by atoms with Crippen molar-refractivity contribution >= 4 is 15.9 Å². The Kier molecular flexibility index (Phi) is 4.58. The van der Waals surface area contributed by atoms with E-state index in [0.717, 1.165) is 25.2 Å². The lowest BCUT2D eigenvalue weighted by molar-refractivity contribution is 0.402. The summed E-state index contributed by atoms with van der Waals surface area (Å²) in [5.74, 6) is 1.89. The van der Waals surface area contributed by atoms with E-state index in [0.29, 0.717) is 11.8 Å². The van der Waals surface area contributed by atoms with Crippen molar-refractivity contribution in [1.82, 2.24) is 10.2 Å². The number of aromatic nitrogens is 2.